The molecule has 0 aliphatic rings. The third-order valence-corrected chi connectivity index (χ3v) is 7.12. The summed E-state index contributed by atoms with van der Waals surface area (Å²) in [6.45, 7) is 2.05. The summed E-state index contributed by atoms with van der Waals surface area (Å²) in [6, 6.07) is 17.7. The van der Waals surface area contributed by atoms with E-state index in [1.54, 1.807) is 69.7 Å². The first-order valence-electron chi connectivity index (χ1n) is 13.1. The van der Waals surface area contributed by atoms with Crippen molar-refractivity contribution < 1.29 is 32.2 Å². The second-order valence-corrected chi connectivity index (χ2v) is 11.3. The molecule has 0 aromatic heterocycles. The SMILES string of the molecule is COc1ccc(CCN(C)CCCN(C(=O)c2ccc(NS(C)(=O)=O)cc2)c2ccc(OC)c(OC)c2)cc1OC. The van der Waals surface area contributed by atoms with Crippen LogP contribution in [0.1, 0.15) is 22.3 Å². The fraction of sp³-hybridized carbons (Fsp3) is 0.367. The number of anilines is 2. The van der Waals surface area contributed by atoms with Gasteiger partial charge in [-0.3, -0.25) is 9.52 Å². The van der Waals surface area contributed by atoms with Crippen LogP contribution in [0, 0.1) is 0 Å². The Kier molecular flexibility index (Phi) is 11.2. The lowest BCUT2D eigenvalue weighted by Gasteiger charge is -2.25. The number of ether oxygens (including phenoxy) is 4. The predicted molar refractivity (Wildman–Crippen MR) is 161 cm³/mol. The van der Waals surface area contributed by atoms with Crippen molar-refractivity contribution in [2.75, 3.05) is 71.0 Å². The van der Waals surface area contributed by atoms with Crippen LogP contribution in [0.25, 0.3) is 0 Å². The molecule has 0 fully saturated rings. The number of hydrogen-bond donors (Lipinski definition) is 1. The molecule has 0 atom stereocenters. The summed E-state index contributed by atoms with van der Waals surface area (Å²) in [6.07, 6.45) is 2.63. The first-order valence-corrected chi connectivity index (χ1v) is 15.0. The molecule has 0 saturated carbocycles. The molecule has 0 aliphatic carbocycles. The first-order chi connectivity index (χ1) is 19.6. The molecule has 0 saturated heterocycles. The minimum Gasteiger partial charge on any atom is -0.493 e. The van der Waals surface area contributed by atoms with Crippen molar-refractivity contribution in [3.05, 3.63) is 71.8 Å². The molecule has 222 valence electrons. The Morgan fingerprint density at radius 3 is 1.93 bits per heavy atom. The van der Waals surface area contributed by atoms with Crippen LogP contribution in [0.2, 0.25) is 0 Å². The van der Waals surface area contributed by atoms with Crippen molar-refractivity contribution in [2.24, 2.45) is 0 Å². The molecule has 11 heteroatoms. The van der Waals surface area contributed by atoms with E-state index in [2.05, 4.69) is 16.7 Å². The lowest BCUT2D eigenvalue weighted by molar-refractivity contribution is 0.0986. The highest BCUT2D eigenvalue weighted by atomic mass is 32.2. The quantitative estimate of drug-likeness (QED) is 0.281. The van der Waals surface area contributed by atoms with Gasteiger partial charge in [0.05, 0.1) is 34.7 Å². The topological polar surface area (TPSA) is 107 Å². The van der Waals surface area contributed by atoms with Crippen LogP contribution in [0.3, 0.4) is 0 Å². The van der Waals surface area contributed by atoms with Crippen LogP contribution in [-0.2, 0) is 16.4 Å². The largest absolute Gasteiger partial charge is 0.493 e. The number of carbonyl (C=O) groups excluding carboxylic acids is 1. The van der Waals surface area contributed by atoms with Gasteiger partial charge in [-0.15, -0.1) is 0 Å². The molecule has 0 radical (unpaired) electrons. The Hall–Kier alpha value is -3.96. The molecular formula is C30H39N3O7S. The molecule has 0 spiro atoms. The number of sulfonamides is 1. The number of amides is 1. The molecular weight excluding hydrogens is 546 g/mol. The van der Waals surface area contributed by atoms with Crippen LogP contribution < -0.4 is 28.6 Å². The minimum atomic E-state index is -3.42. The van der Waals surface area contributed by atoms with E-state index in [4.69, 9.17) is 18.9 Å². The van der Waals surface area contributed by atoms with E-state index in [1.165, 1.54) is 0 Å². The van der Waals surface area contributed by atoms with Crippen molar-refractivity contribution in [3.8, 4) is 23.0 Å². The maximum atomic E-state index is 13.7. The summed E-state index contributed by atoms with van der Waals surface area (Å²) < 4.78 is 47.1. The second-order valence-electron chi connectivity index (χ2n) is 9.54. The zero-order valence-corrected chi connectivity index (χ0v) is 25.3. The molecule has 0 bridgehead atoms. The molecule has 0 unspecified atom stereocenters. The van der Waals surface area contributed by atoms with Gasteiger partial charge in [-0.2, -0.15) is 0 Å². The lowest BCUT2D eigenvalue weighted by Crippen LogP contribution is -2.34. The Labute approximate surface area is 242 Å². The Morgan fingerprint density at radius 1 is 0.756 bits per heavy atom. The number of carbonyl (C=O) groups is 1. The summed E-state index contributed by atoms with van der Waals surface area (Å²) in [5.41, 5.74) is 2.63. The van der Waals surface area contributed by atoms with Crippen LogP contribution in [0.15, 0.2) is 60.7 Å². The molecule has 3 rings (SSSR count). The third-order valence-electron chi connectivity index (χ3n) is 6.51. The van der Waals surface area contributed by atoms with Crippen molar-refractivity contribution in [3.63, 3.8) is 0 Å². The fourth-order valence-corrected chi connectivity index (χ4v) is 4.92. The van der Waals surface area contributed by atoms with Gasteiger partial charge in [0.1, 0.15) is 0 Å². The monoisotopic (exact) mass is 585 g/mol. The molecule has 0 heterocycles. The van der Waals surface area contributed by atoms with Crippen LogP contribution in [0.5, 0.6) is 23.0 Å². The Bertz CT molecular complexity index is 1410. The Balaban J connectivity index is 1.71. The van der Waals surface area contributed by atoms with E-state index in [1.807, 2.05) is 24.3 Å². The zero-order chi connectivity index (χ0) is 30.0. The number of hydrogen-bond acceptors (Lipinski definition) is 8. The summed E-state index contributed by atoms with van der Waals surface area (Å²) in [7, 11) is 4.98. The number of rotatable bonds is 15. The highest BCUT2D eigenvalue weighted by Gasteiger charge is 2.20. The molecule has 3 aromatic carbocycles. The number of likely N-dealkylation sites (N-methyl/N-ethyl adjacent to an activating group) is 1. The van der Waals surface area contributed by atoms with E-state index < -0.39 is 10.0 Å². The normalized spacial score (nSPS) is 11.2. The lowest BCUT2D eigenvalue weighted by atomic mass is 10.1. The third kappa shape index (κ3) is 9.02. The zero-order valence-electron chi connectivity index (χ0n) is 24.5. The number of nitrogens with zero attached hydrogens (tertiary/aromatic N) is 2. The highest BCUT2D eigenvalue weighted by Crippen LogP contribution is 2.32. The van der Waals surface area contributed by atoms with Gasteiger partial charge in [0, 0.05) is 36.1 Å². The van der Waals surface area contributed by atoms with Crippen molar-refractivity contribution in [2.45, 2.75) is 12.8 Å². The number of nitrogens with one attached hydrogen (secondary N) is 1. The fourth-order valence-electron chi connectivity index (χ4n) is 4.36. The second kappa shape index (κ2) is 14.6. The van der Waals surface area contributed by atoms with E-state index in [0.29, 0.717) is 46.5 Å². The van der Waals surface area contributed by atoms with Crippen LogP contribution in [0.4, 0.5) is 11.4 Å². The van der Waals surface area contributed by atoms with E-state index >= 15 is 0 Å². The number of methoxy groups -OCH3 is 4. The van der Waals surface area contributed by atoms with E-state index in [0.717, 1.165) is 37.8 Å². The molecule has 3 aromatic rings. The molecule has 10 nitrogen and oxygen atoms in total. The average Bonchev–Trinajstić information content (AvgIpc) is 2.97. The van der Waals surface area contributed by atoms with Crippen LogP contribution in [-0.4, -0.2) is 80.6 Å². The molecule has 41 heavy (non-hydrogen) atoms. The summed E-state index contributed by atoms with van der Waals surface area (Å²) in [5.74, 6) is 2.27. The van der Waals surface area contributed by atoms with Gasteiger partial charge in [-0.05, 0) is 80.5 Å². The average molecular weight is 586 g/mol. The smallest absolute Gasteiger partial charge is 0.258 e. The standard InChI is InChI=1S/C30H39N3O7S/c1-32(19-16-22-8-14-26(37-2)28(20-22)39-4)17-7-18-33(25-13-15-27(38-3)29(21-25)40-5)30(34)23-9-11-24(12-10-23)31-41(6,35)36/h8-15,20-21,31H,7,16-19H2,1-6H3. The summed E-state index contributed by atoms with van der Waals surface area (Å²) in [5, 5.41) is 0. The number of benzene rings is 3. The predicted octanol–water partition coefficient (Wildman–Crippen LogP) is 4.30. The summed E-state index contributed by atoms with van der Waals surface area (Å²) in [4.78, 5) is 17.6. The minimum absolute atomic E-state index is 0.212. The highest BCUT2D eigenvalue weighted by molar-refractivity contribution is 7.92. The maximum absolute atomic E-state index is 13.7. The first kappa shape index (κ1) is 31.6. The van der Waals surface area contributed by atoms with Crippen LogP contribution >= 0.6 is 0 Å². The molecule has 0 aliphatic heterocycles. The van der Waals surface area contributed by atoms with Gasteiger partial charge >= 0.3 is 0 Å². The van der Waals surface area contributed by atoms with Gasteiger partial charge in [-0.1, -0.05) is 6.07 Å². The van der Waals surface area contributed by atoms with Gasteiger partial charge in [0.25, 0.3) is 5.91 Å². The van der Waals surface area contributed by atoms with Crippen molar-refractivity contribution >= 4 is 27.3 Å². The van der Waals surface area contributed by atoms with E-state index in [-0.39, 0.29) is 5.91 Å². The van der Waals surface area contributed by atoms with Crippen molar-refractivity contribution in [1.82, 2.24) is 4.90 Å². The van der Waals surface area contributed by atoms with E-state index in [9.17, 15) is 13.2 Å². The Morgan fingerprint density at radius 2 is 1.34 bits per heavy atom. The summed E-state index contributed by atoms with van der Waals surface area (Å²) >= 11 is 0. The van der Waals surface area contributed by atoms with Gasteiger partial charge in [0.2, 0.25) is 10.0 Å². The molecule has 1 N–H and O–H groups in total. The maximum Gasteiger partial charge on any atom is 0.258 e. The van der Waals surface area contributed by atoms with Crippen molar-refractivity contribution in [1.29, 1.82) is 0 Å². The van der Waals surface area contributed by atoms with Gasteiger partial charge < -0.3 is 28.7 Å². The van der Waals surface area contributed by atoms with Gasteiger partial charge in [0.15, 0.2) is 23.0 Å². The molecule has 1 amide bonds. The van der Waals surface area contributed by atoms with Gasteiger partial charge in [-0.25, -0.2) is 8.42 Å².